The molecule has 5 heteroatoms. The Hall–Kier alpha value is -1.49. The third-order valence-corrected chi connectivity index (χ3v) is 5.14. The first kappa shape index (κ1) is 15.1. The summed E-state index contributed by atoms with van der Waals surface area (Å²) in [6.07, 6.45) is 6.62. The molecule has 0 radical (unpaired) electrons. The number of fused-ring (bicyclic) bond motifs is 1. The lowest BCUT2D eigenvalue weighted by Gasteiger charge is -2.37. The minimum Gasteiger partial charge on any atom is -0.298 e. The Kier molecular flexibility index (Phi) is 4.29. The largest absolute Gasteiger partial charge is 0.298 e. The van der Waals surface area contributed by atoms with Gasteiger partial charge in [-0.1, -0.05) is 11.6 Å². The van der Waals surface area contributed by atoms with Gasteiger partial charge in [-0.3, -0.25) is 9.80 Å². The van der Waals surface area contributed by atoms with Crippen LogP contribution in [0, 0.1) is 0 Å². The van der Waals surface area contributed by atoms with Crippen LogP contribution in [0.5, 0.6) is 0 Å². The third kappa shape index (κ3) is 3.39. The van der Waals surface area contributed by atoms with Crippen molar-refractivity contribution in [2.24, 2.45) is 0 Å². The molecule has 1 aromatic carbocycles. The summed E-state index contributed by atoms with van der Waals surface area (Å²) in [5.74, 6) is 0.756. The molecule has 1 aromatic heterocycles. The van der Waals surface area contributed by atoms with Crippen molar-refractivity contribution in [1.29, 1.82) is 0 Å². The van der Waals surface area contributed by atoms with Gasteiger partial charge >= 0.3 is 0 Å². The van der Waals surface area contributed by atoms with E-state index in [-0.39, 0.29) is 0 Å². The van der Waals surface area contributed by atoms with E-state index in [9.17, 15) is 0 Å². The van der Waals surface area contributed by atoms with Gasteiger partial charge in [0.2, 0.25) is 0 Å². The normalized spacial score (nSPS) is 22.2. The fourth-order valence-corrected chi connectivity index (χ4v) is 3.77. The number of piperazine rings is 1. The Labute approximate surface area is 142 Å². The number of aromatic nitrogens is 2. The Morgan fingerprint density at radius 3 is 2.61 bits per heavy atom. The molecule has 0 amide bonds. The topological polar surface area (TPSA) is 32.3 Å². The van der Waals surface area contributed by atoms with Crippen molar-refractivity contribution in [3.05, 3.63) is 47.2 Å². The monoisotopic (exact) mass is 328 g/mol. The maximum Gasteiger partial charge on any atom is 0.159 e. The van der Waals surface area contributed by atoms with Crippen LogP contribution in [0.4, 0.5) is 0 Å². The summed E-state index contributed by atoms with van der Waals surface area (Å²) in [6.45, 7) is 5.77. The summed E-state index contributed by atoms with van der Waals surface area (Å²) in [5, 5.41) is 0.733. The maximum atomic E-state index is 5.92. The third-order valence-electron chi connectivity index (χ3n) is 4.89. The van der Waals surface area contributed by atoms with Crippen LogP contribution in [0.25, 0.3) is 11.4 Å². The highest BCUT2D eigenvalue weighted by atomic mass is 35.5. The average molecular weight is 329 g/mol. The van der Waals surface area contributed by atoms with Crippen molar-refractivity contribution in [1.82, 2.24) is 19.8 Å². The van der Waals surface area contributed by atoms with E-state index in [1.54, 1.807) is 0 Å². The Morgan fingerprint density at radius 2 is 1.83 bits per heavy atom. The number of hydrogen-bond donors (Lipinski definition) is 0. The standard InChI is InChI=1S/C18H21ClN4/c19-16-5-3-15(4-6-16)18-20-10-14(11-21-18)12-22-8-9-23-7-1-2-17(23)13-22/h3-6,10-11,17H,1-2,7-9,12-13H2/t17-/m0/s1. The molecule has 2 saturated heterocycles. The highest BCUT2D eigenvalue weighted by Crippen LogP contribution is 2.23. The summed E-state index contributed by atoms with van der Waals surface area (Å²) in [4.78, 5) is 14.2. The molecule has 120 valence electrons. The van der Waals surface area contributed by atoms with E-state index in [2.05, 4.69) is 19.8 Å². The predicted octanol–water partition coefficient (Wildman–Crippen LogP) is 3.08. The van der Waals surface area contributed by atoms with Crippen LogP contribution in [-0.4, -0.2) is 52.0 Å². The van der Waals surface area contributed by atoms with Crippen LogP contribution < -0.4 is 0 Å². The smallest absolute Gasteiger partial charge is 0.159 e. The van der Waals surface area contributed by atoms with Crippen molar-refractivity contribution in [2.45, 2.75) is 25.4 Å². The lowest BCUT2D eigenvalue weighted by molar-refractivity contribution is 0.0992. The van der Waals surface area contributed by atoms with Gasteiger partial charge in [0, 0.05) is 60.8 Å². The zero-order valence-electron chi connectivity index (χ0n) is 13.2. The molecule has 4 rings (SSSR count). The molecule has 3 heterocycles. The van der Waals surface area contributed by atoms with Crippen molar-refractivity contribution < 1.29 is 0 Å². The lowest BCUT2D eigenvalue weighted by Crippen LogP contribution is -2.49. The Balaban J connectivity index is 1.41. The van der Waals surface area contributed by atoms with Gasteiger partial charge in [0.25, 0.3) is 0 Å². The molecule has 0 N–H and O–H groups in total. The van der Waals surface area contributed by atoms with Gasteiger partial charge in [-0.2, -0.15) is 0 Å². The van der Waals surface area contributed by atoms with Gasteiger partial charge in [-0.15, -0.1) is 0 Å². The van der Waals surface area contributed by atoms with Gasteiger partial charge in [0.05, 0.1) is 0 Å². The summed E-state index contributed by atoms with van der Waals surface area (Å²) in [5.41, 5.74) is 2.19. The fourth-order valence-electron chi connectivity index (χ4n) is 3.64. The van der Waals surface area contributed by atoms with Crippen molar-refractivity contribution in [3.63, 3.8) is 0 Å². The molecule has 2 aliphatic heterocycles. The Morgan fingerprint density at radius 1 is 1.04 bits per heavy atom. The van der Waals surface area contributed by atoms with Crippen molar-refractivity contribution >= 4 is 11.6 Å². The zero-order valence-corrected chi connectivity index (χ0v) is 13.9. The second-order valence-corrected chi connectivity index (χ2v) is 6.93. The van der Waals surface area contributed by atoms with E-state index in [4.69, 9.17) is 11.6 Å². The van der Waals surface area contributed by atoms with Crippen molar-refractivity contribution in [2.75, 3.05) is 26.2 Å². The molecule has 1 atom stereocenters. The Bertz CT molecular complexity index is 656. The highest BCUT2D eigenvalue weighted by Gasteiger charge is 2.30. The van der Waals surface area contributed by atoms with Crippen LogP contribution in [0.1, 0.15) is 18.4 Å². The first-order valence-electron chi connectivity index (χ1n) is 8.31. The lowest BCUT2D eigenvalue weighted by atomic mass is 10.1. The molecule has 2 aromatic rings. The zero-order chi connectivity index (χ0) is 15.6. The SMILES string of the molecule is Clc1ccc(-c2ncc(CN3CCN4CCC[C@H]4C3)cn2)cc1. The molecule has 2 aliphatic rings. The van der Waals surface area contributed by atoms with E-state index in [0.29, 0.717) is 0 Å². The summed E-state index contributed by atoms with van der Waals surface area (Å²) >= 11 is 5.92. The van der Waals surface area contributed by atoms with E-state index in [1.807, 2.05) is 36.7 Å². The van der Waals surface area contributed by atoms with E-state index in [1.165, 1.54) is 38.0 Å². The molecule has 0 aliphatic carbocycles. The molecule has 0 spiro atoms. The molecule has 2 fully saturated rings. The minimum absolute atomic E-state index is 0.733. The number of nitrogens with zero attached hydrogens (tertiary/aromatic N) is 4. The average Bonchev–Trinajstić information content (AvgIpc) is 3.04. The van der Waals surface area contributed by atoms with E-state index < -0.39 is 0 Å². The highest BCUT2D eigenvalue weighted by molar-refractivity contribution is 6.30. The summed E-state index contributed by atoms with van der Waals surface area (Å²) in [6, 6.07) is 8.41. The van der Waals surface area contributed by atoms with Gasteiger partial charge in [0.1, 0.15) is 0 Å². The molecule has 0 unspecified atom stereocenters. The van der Waals surface area contributed by atoms with E-state index >= 15 is 0 Å². The predicted molar refractivity (Wildman–Crippen MR) is 92.4 cm³/mol. The van der Waals surface area contributed by atoms with Crippen LogP contribution in [0.15, 0.2) is 36.7 Å². The number of rotatable bonds is 3. The first-order chi connectivity index (χ1) is 11.3. The van der Waals surface area contributed by atoms with Gasteiger partial charge < -0.3 is 0 Å². The van der Waals surface area contributed by atoms with Crippen LogP contribution >= 0.6 is 11.6 Å². The molecular weight excluding hydrogens is 308 g/mol. The van der Waals surface area contributed by atoms with Crippen LogP contribution in [-0.2, 0) is 6.54 Å². The summed E-state index contributed by atoms with van der Waals surface area (Å²) in [7, 11) is 0. The van der Waals surface area contributed by atoms with Gasteiger partial charge in [0.15, 0.2) is 5.82 Å². The molecule has 0 saturated carbocycles. The second kappa shape index (κ2) is 6.56. The van der Waals surface area contributed by atoms with Crippen LogP contribution in [0.3, 0.4) is 0 Å². The first-order valence-corrected chi connectivity index (χ1v) is 8.69. The summed E-state index contributed by atoms with van der Waals surface area (Å²) < 4.78 is 0. The van der Waals surface area contributed by atoms with Gasteiger partial charge in [-0.25, -0.2) is 9.97 Å². The minimum atomic E-state index is 0.733. The molecule has 23 heavy (non-hydrogen) atoms. The van der Waals surface area contributed by atoms with E-state index in [0.717, 1.165) is 35.5 Å². The van der Waals surface area contributed by atoms with Crippen LogP contribution in [0.2, 0.25) is 5.02 Å². The second-order valence-electron chi connectivity index (χ2n) is 6.49. The molecule has 0 bridgehead atoms. The number of benzene rings is 1. The van der Waals surface area contributed by atoms with Crippen molar-refractivity contribution in [3.8, 4) is 11.4 Å². The van der Waals surface area contributed by atoms with Gasteiger partial charge in [-0.05, 0) is 43.7 Å². The molecule has 4 nitrogen and oxygen atoms in total. The number of hydrogen-bond acceptors (Lipinski definition) is 4. The quantitative estimate of drug-likeness (QED) is 0.866. The fraction of sp³-hybridized carbons (Fsp3) is 0.444. The number of halogens is 1. The molecular formula is C18H21ClN4. The maximum absolute atomic E-state index is 5.92.